The highest BCUT2D eigenvalue weighted by molar-refractivity contribution is 5.68. The highest BCUT2D eigenvalue weighted by Gasteiger charge is 2.42. The molecule has 0 atom stereocenters. The molecule has 0 radical (unpaired) electrons. The van der Waals surface area contributed by atoms with Gasteiger partial charge in [-0.1, -0.05) is 55.8 Å². The molecule has 4 rings (SSSR count). The molecule has 174 valence electrons. The van der Waals surface area contributed by atoms with Gasteiger partial charge in [-0.25, -0.2) is 0 Å². The van der Waals surface area contributed by atoms with Crippen LogP contribution in [0.15, 0.2) is 83.5 Å². The molecule has 0 aromatic heterocycles. The SMILES string of the molecule is CCCCC1=CC(c2ccc(OCCO)cc2)(c2ccc(OCCO)cc2)C2=C1CCC=C2. The van der Waals surface area contributed by atoms with Gasteiger partial charge >= 0.3 is 0 Å². The van der Waals surface area contributed by atoms with Gasteiger partial charge in [0.25, 0.3) is 0 Å². The van der Waals surface area contributed by atoms with Gasteiger partial charge in [-0.05, 0) is 77.8 Å². The summed E-state index contributed by atoms with van der Waals surface area (Å²) in [6.45, 7) is 2.83. The predicted molar refractivity (Wildman–Crippen MR) is 132 cm³/mol. The zero-order valence-corrected chi connectivity index (χ0v) is 19.4. The van der Waals surface area contributed by atoms with Gasteiger partial charge in [0.05, 0.1) is 18.6 Å². The molecule has 2 aliphatic carbocycles. The minimum absolute atomic E-state index is 0.000949. The zero-order chi connectivity index (χ0) is 23.1. The Morgan fingerprint density at radius 2 is 1.42 bits per heavy atom. The Bertz CT molecular complexity index is 961. The standard InChI is InChI=1S/C29H34O4/c1-2-3-6-22-21-29(28-8-5-4-7-27(22)28,23-9-13-25(14-10-23)32-19-17-30)24-11-15-26(16-12-24)33-20-18-31/h5,8-16,21,30-31H,2-4,6-7,17-20H2,1H3. The van der Waals surface area contributed by atoms with E-state index in [-0.39, 0.29) is 18.6 Å². The van der Waals surface area contributed by atoms with Crippen LogP contribution in [0.3, 0.4) is 0 Å². The summed E-state index contributed by atoms with van der Waals surface area (Å²) in [5.74, 6) is 1.52. The normalized spacial score (nSPS) is 16.5. The summed E-state index contributed by atoms with van der Waals surface area (Å²) in [4.78, 5) is 0. The Morgan fingerprint density at radius 3 is 1.94 bits per heavy atom. The maximum Gasteiger partial charge on any atom is 0.119 e. The van der Waals surface area contributed by atoms with Gasteiger partial charge in [-0.3, -0.25) is 0 Å². The van der Waals surface area contributed by atoms with E-state index in [2.05, 4.69) is 49.4 Å². The van der Waals surface area contributed by atoms with E-state index in [4.69, 9.17) is 19.7 Å². The number of ether oxygens (including phenoxy) is 2. The van der Waals surface area contributed by atoms with Crippen LogP contribution in [0, 0.1) is 0 Å². The van der Waals surface area contributed by atoms with Crippen LogP contribution in [0.25, 0.3) is 0 Å². The zero-order valence-electron chi connectivity index (χ0n) is 19.4. The van der Waals surface area contributed by atoms with Crippen molar-refractivity contribution in [3.8, 4) is 11.5 Å². The van der Waals surface area contributed by atoms with Gasteiger partial charge in [0.2, 0.25) is 0 Å². The maximum atomic E-state index is 9.08. The van der Waals surface area contributed by atoms with Gasteiger partial charge in [0, 0.05) is 0 Å². The van der Waals surface area contributed by atoms with Crippen LogP contribution in [0.1, 0.15) is 50.2 Å². The third-order valence-corrected chi connectivity index (χ3v) is 6.51. The first kappa shape index (κ1) is 23.3. The van der Waals surface area contributed by atoms with Crippen molar-refractivity contribution in [1.29, 1.82) is 0 Å². The molecule has 33 heavy (non-hydrogen) atoms. The number of hydrogen-bond donors (Lipinski definition) is 2. The van der Waals surface area contributed by atoms with Crippen LogP contribution in [-0.4, -0.2) is 36.6 Å². The van der Waals surface area contributed by atoms with Crippen LogP contribution >= 0.6 is 0 Å². The molecule has 4 heteroatoms. The Hall–Kier alpha value is -2.82. The van der Waals surface area contributed by atoms with Crippen molar-refractivity contribution in [2.45, 2.75) is 44.4 Å². The minimum atomic E-state index is -0.361. The molecule has 0 fully saturated rings. The second kappa shape index (κ2) is 10.9. The Labute approximate surface area is 196 Å². The van der Waals surface area contributed by atoms with Crippen LogP contribution in [0.2, 0.25) is 0 Å². The van der Waals surface area contributed by atoms with Crippen LogP contribution in [0.4, 0.5) is 0 Å². The Kier molecular flexibility index (Phi) is 7.69. The molecule has 0 unspecified atom stereocenters. The highest BCUT2D eigenvalue weighted by Crippen LogP contribution is 2.52. The average molecular weight is 447 g/mol. The van der Waals surface area contributed by atoms with E-state index in [9.17, 15) is 0 Å². The maximum absolute atomic E-state index is 9.08. The van der Waals surface area contributed by atoms with Gasteiger partial charge in [-0.15, -0.1) is 0 Å². The van der Waals surface area contributed by atoms with Crippen molar-refractivity contribution in [3.63, 3.8) is 0 Å². The molecule has 0 aliphatic heterocycles. The lowest BCUT2D eigenvalue weighted by Gasteiger charge is -2.33. The molecule has 4 nitrogen and oxygen atoms in total. The summed E-state index contributed by atoms with van der Waals surface area (Å²) in [5.41, 5.74) is 6.37. The first-order chi connectivity index (χ1) is 16.2. The summed E-state index contributed by atoms with van der Waals surface area (Å²) >= 11 is 0. The molecule has 2 aliphatic rings. The molecule has 2 aromatic rings. The molecule has 0 amide bonds. The van der Waals surface area contributed by atoms with E-state index in [0.29, 0.717) is 13.2 Å². The van der Waals surface area contributed by atoms with E-state index in [1.807, 2.05) is 24.3 Å². The van der Waals surface area contributed by atoms with Crippen LogP contribution in [0.5, 0.6) is 11.5 Å². The van der Waals surface area contributed by atoms with E-state index >= 15 is 0 Å². The lowest BCUT2D eigenvalue weighted by atomic mass is 9.69. The van der Waals surface area contributed by atoms with Crippen molar-refractivity contribution >= 4 is 0 Å². The fourth-order valence-corrected chi connectivity index (χ4v) is 4.98. The van der Waals surface area contributed by atoms with Crippen molar-refractivity contribution in [2.24, 2.45) is 0 Å². The number of aliphatic hydroxyl groups excluding tert-OH is 2. The van der Waals surface area contributed by atoms with Crippen molar-refractivity contribution in [2.75, 3.05) is 26.4 Å². The van der Waals surface area contributed by atoms with Gasteiger partial charge < -0.3 is 19.7 Å². The number of benzene rings is 2. The second-order valence-corrected chi connectivity index (χ2v) is 8.61. The lowest BCUT2D eigenvalue weighted by Crippen LogP contribution is -2.26. The molecular formula is C29H34O4. The average Bonchev–Trinajstić information content (AvgIpc) is 3.21. The largest absolute Gasteiger partial charge is 0.491 e. The van der Waals surface area contributed by atoms with E-state index < -0.39 is 0 Å². The van der Waals surface area contributed by atoms with Crippen LogP contribution < -0.4 is 9.47 Å². The summed E-state index contributed by atoms with van der Waals surface area (Å²) in [5, 5.41) is 18.2. The van der Waals surface area contributed by atoms with Crippen molar-refractivity contribution < 1.29 is 19.7 Å². The van der Waals surface area contributed by atoms with Gasteiger partial charge in [-0.2, -0.15) is 0 Å². The summed E-state index contributed by atoms with van der Waals surface area (Å²) in [7, 11) is 0. The van der Waals surface area contributed by atoms with E-state index in [0.717, 1.165) is 30.8 Å². The molecule has 2 N–H and O–H groups in total. The molecule has 0 spiro atoms. The predicted octanol–water partition coefficient (Wildman–Crippen LogP) is 5.49. The summed E-state index contributed by atoms with van der Waals surface area (Å²) in [6.07, 6.45) is 12.7. The third kappa shape index (κ3) is 4.78. The van der Waals surface area contributed by atoms with Gasteiger partial charge in [0.15, 0.2) is 0 Å². The smallest absolute Gasteiger partial charge is 0.119 e. The second-order valence-electron chi connectivity index (χ2n) is 8.61. The van der Waals surface area contributed by atoms with Crippen molar-refractivity contribution in [3.05, 3.63) is 94.6 Å². The molecule has 0 saturated heterocycles. The Balaban J connectivity index is 1.81. The third-order valence-electron chi connectivity index (χ3n) is 6.51. The lowest BCUT2D eigenvalue weighted by molar-refractivity contribution is 0.201. The number of aliphatic hydroxyl groups is 2. The van der Waals surface area contributed by atoms with Gasteiger partial charge in [0.1, 0.15) is 24.7 Å². The number of allylic oxidation sites excluding steroid dienone is 6. The van der Waals surface area contributed by atoms with E-state index in [1.165, 1.54) is 40.7 Å². The molecule has 0 bridgehead atoms. The highest BCUT2D eigenvalue weighted by atomic mass is 16.5. The summed E-state index contributed by atoms with van der Waals surface area (Å²) < 4.78 is 11.2. The fourth-order valence-electron chi connectivity index (χ4n) is 4.98. The fraction of sp³-hybridized carbons (Fsp3) is 0.379. The minimum Gasteiger partial charge on any atom is -0.491 e. The van der Waals surface area contributed by atoms with Crippen LogP contribution in [-0.2, 0) is 5.41 Å². The molecular weight excluding hydrogens is 412 g/mol. The first-order valence-corrected chi connectivity index (χ1v) is 12.0. The number of hydrogen-bond acceptors (Lipinski definition) is 4. The quantitative estimate of drug-likeness (QED) is 0.479. The summed E-state index contributed by atoms with van der Waals surface area (Å²) in [6, 6.07) is 16.6. The Morgan fingerprint density at radius 1 is 0.848 bits per heavy atom. The number of rotatable bonds is 11. The first-order valence-electron chi connectivity index (χ1n) is 12.0. The molecule has 2 aromatic carbocycles. The number of unbranched alkanes of at least 4 members (excludes halogenated alkanes) is 1. The molecule has 0 heterocycles. The topological polar surface area (TPSA) is 58.9 Å². The molecule has 0 saturated carbocycles. The van der Waals surface area contributed by atoms with E-state index in [1.54, 1.807) is 0 Å². The monoisotopic (exact) mass is 446 g/mol. The van der Waals surface area contributed by atoms with Crippen molar-refractivity contribution in [1.82, 2.24) is 0 Å².